The summed E-state index contributed by atoms with van der Waals surface area (Å²) in [5, 5.41) is 14.1. The van der Waals surface area contributed by atoms with E-state index in [0.717, 1.165) is 0 Å². The minimum Gasteiger partial charge on any atom is -0.495 e. The van der Waals surface area contributed by atoms with Crippen LogP contribution in [0, 0.1) is 5.92 Å². The van der Waals surface area contributed by atoms with Gasteiger partial charge in [-0.1, -0.05) is 26.0 Å². The monoisotopic (exact) mass is 322 g/mol. The molecule has 1 aromatic carbocycles. The number of rotatable bonds is 8. The van der Waals surface area contributed by atoms with E-state index >= 15 is 0 Å². The van der Waals surface area contributed by atoms with E-state index in [-0.39, 0.29) is 24.7 Å². The number of anilines is 1. The maximum Gasteiger partial charge on any atom is 0.326 e. The average molecular weight is 322 g/mol. The molecule has 0 heterocycles. The molecule has 23 heavy (non-hydrogen) atoms. The molecule has 0 aliphatic rings. The lowest BCUT2D eigenvalue weighted by atomic mass is 10.0. The Hall–Kier alpha value is -2.57. The van der Waals surface area contributed by atoms with Crippen molar-refractivity contribution in [2.45, 2.75) is 32.7 Å². The maximum absolute atomic E-state index is 11.9. The minimum atomic E-state index is -1.09. The fourth-order valence-corrected chi connectivity index (χ4v) is 1.95. The summed E-state index contributed by atoms with van der Waals surface area (Å²) in [4.78, 5) is 34.7. The summed E-state index contributed by atoms with van der Waals surface area (Å²) in [5.74, 6) is -1.62. The van der Waals surface area contributed by atoms with Gasteiger partial charge in [0, 0.05) is 12.8 Å². The molecule has 0 radical (unpaired) electrons. The third-order valence-corrected chi connectivity index (χ3v) is 3.21. The van der Waals surface area contributed by atoms with Crippen LogP contribution in [0.1, 0.15) is 26.7 Å². The van der Waals surface area contributed by atoms with E-state index < -0.39 is 17.9 Å². The molecule has 1 atom stereocenters. The van der Waals surface area contributed by atoms with E-state index in [4.69, 9.17) is 9.84 Å². The van der Waals surface area contributed by atoms with Crippen molar-refractivity contribution in [3.05, 3.63) is 24.3 Å². The van der Waals surface area contributed by atoms with Gasteiger partial charge in [0.05, 0.1) is 12.8 Å². The number of hydrogen-bond acceptors (Lipinski definition) is 4. The molecule has 0 bridgehead atoms. The predicted octanol–water partition coefficient (Wildman–Crippen LogP) is 1.64. The van der Waals surface area contributed by atoms with Gasteiger partial charge in [0.2, 0.25) is 11.8 Å². The number of hydrogen-bond donors (Lipinski definition) is 3. The van der Waals surface area contributed by atoms with Crippen molar-refractivity contribution >= 4 is 23.5 Å². The first-order valence-electron chi connectivity index (χ1n) is 7.30. The lowest BCUT2D eigenvalue weighted by molar-refractivity contribution is -0.143. The van der Waals surface area contributed by atoms with Crippen LogP contribution < -0.4 is 15.4 Å². The zero-order valence-electron chi connectivity index (χ0n) is 13.5. The van der Waals surface area contributed by atoms with Gasteiger partial charge in [-0.05, 0) is 18.1 Å². The summed E-state index contributed by atoms with van der Waals surface area (Å²) in [6, 6.07) is 5.98. The molecule has 0 aliphatic carbocycles. The Bertz CT molecular complexity index is 571. The second-order valence-electron chi connectivity index (χ2n) is 5.38. The second-order valence-corrected chi connectivity index (χ2v) is 5.38. The highest BCUT2D eigenvalue weighted by molar-refractivity contribution is 5.94. The highest BCUT2D eigenvalue weighted by Gasteiger charge is 2.23. The fraction of sp³-hybridized carbons (Fsp3) is 0.438. The summed E-state index contributed by atoms with van der Waals surface area (Å²) in [7, 11) is 1.50. The van der Waals surface area contributed by atoms with Gasteiger partial charge in [0.25, 0.3) is 0 Å². The van der Waals surface area contributed by atoms with Gasteiger partial charge in [-0.2, -0.15) is 0 Å². The molecule has 126 valence electrons. The summed E-state index contributed by atoms with van der Waals surface area (Å²) in [5.41, 5.74) is 0.519. The van der Waals surface area contributed by atoms with E-state index in [1.54, 1.807) is 38.1 Å². The molecule has 0 aromatic heterocycles. The van der Waals surface area contributed by atoms with Crippen LogP contribution >= 0.6 is 0 Å². The lowest BCUT2D eigenvalue weighted by Gasteiger charge is -2.17. The molecule has 3 N–H and O–H groups in total. The zero-order valence-corrected chi connectivity index (χ0v) is 13.5. The van der Waals surface area contributed by atoms with Gasteiger partial charge in [-0.3, -0.25) is 9.59 Å². The van der Waals surface area contributed by atoms with E-state index in [0.29, 0.717) is 11.4 Å². The number of ether oxygens (including phenoxy) is 1. The quantitative estimate of drug-likeness (QED) is 0.675. The van der Waals surface area contributed by atoms with Crippen molar-refractivity contribution in [2.75, 3.05) is 12.4 Å². The first-order valence-corrected chi connectivity index (χ1v) is 7.30. The molecular formula is C16H22N2O5. The lowest BCUT2D eigenvalue weighted by Crippen LogP contribution is -2.44. The molecule has 1 aromatic rings. The Morgan fingerprint density at radius 1 is 1.13 bits per heavy atom. The van der Waals surface area contributed by atoms with Crippen LogP contribution in [0.3, 0.4) is 0 Å². The number of carbonyl (C=O) groups is 3. The van der Waals surface area contributed by atoms with Gasteiger partial charge in [-0.25, -0.2) is 4.79 Å². The highest BCUT2D eigenvalue weighted by atomic mass is 16.5. The Labute approximate surface area is 135 Å². The molecular weight excluding hydrogens is 300 g/mol. The topological polar surface area (TPSA) is 105 Å². The first-order chi connectivity index (χ1) is 10.8. The number of nitrogens with one attached hydrogen (secondary N) is 2. The van der Waals surface area contributed by atoms with Crippen LogP contribution in [0.15, 0.2) is 24.3 Å². The van der Waals surface area contributed by atoms with Crippen molar-refractivity contribution in [3.63, 3.8) is 0 Å². The van der Waals surface area contributed by atoms with Crippen molar-refractivity contribution in [1.29, 1.82) is 0 Å². The number of benzene rings is 1. The van der Waals surface area contributed by atoms with Gasteiger partial charge in [-0.15, -0.1) is 0 Å². The summed E-state index contributed by atoms with van der Waals surface area (Å²) in [6.45, 7) is 3.40. The number of carboxylic acid groups (broad SMARTS) is 1. The Morgan fingerprint density at radius 3 is 2.30 bits per heavy atom. The second kappa shape index (κ2) is 8.77. The molecule has 7 nitrogen and oxygen atoms in total. The Balaban J connectivity index is 2.49. The number of aliphatic carboxylic acids is 1. The van der Waals surface area contributed by atoms with E-state index in [2.05, 4.69) is 10.6 Å². The summed E-state index contributed by atoms with van der Waals surface area (Å²) < 4.78 is 5.12. The molecule has 1 rings (SSSR count). The molecule has 7 heteroatoms. The molecule has 0 fully saturated rings. The SMILES string of the molecule is COc1ccccc1NC(=O)CCC(=O)NC(C(=O)O)C(C)C. The Kier molecular flexibility index (Phi) is 7.05. The summed E-state index contributed by atoms with van der Waals surface area (Å²) >= 11 is 0. The fourth-order valence-electron chi connectivity index (χ4n) is 1.95. The average Bonchev–Trinajstić information content (AvgIpc) is 2.50. The van der Waals surface area contributed by atoms with Gasteiger partial charge in [0.15, 0.2) is 0 Å². The van der Waals surface area contributed by atoms with E-state index in [9.17, 15) is 14.4 Å². The van der Waals surface area contributed by atoms with Crippen LogP contribution in [0.4, 0.5) is 5.69 Å². The van der Waals surface area contributed by atoms with Crippen LogP contribution in [0.25, 0.3) is 0 Å². The van der Waals surface area contributed by atoms with Crippen molar-refractivity contribution in [3.8, 4) is 5.75 Å². The molecule has 0 spiro atoms. The van der Waals surface area contributed by atoms with Gasteiger partial charge < -0.3 is 20.5 Å². The van der Waals surface area contributed by atoms with Crippen LogP contribution in [-0.4, -0.2) is 36.0 Å². The van der Waals surface area contributed by atoms with Crippen LogP contribution in [0.5, 0.6) is 5.75 Å². The van der Waals surface area contributed by atoms with Crippen LogP contribution in [0.2, 0.25) is 0 Å². The van der Waals surface area contributed by atoms with Gasteiger partial charge in [0.1, 0.15) is 11.8 Å². The predicted molar refractivity (Wildman–Crippen MR) is 85.3 cm³/mol. The smallest absolute Gasteiger partial charge is 0.326 e. The standard InChI is InChI=1S/C16H22N2O5/c1-10(2)15(16(21)22)18-14(20)9-8-13(19)17-11-6-4-5-7-12(11)23-3/h4-7,10,15H,8-9H2,1-3H3,(H,17,19)(H,18,20)(H,21,22). The third-order valence-electron chi connectivity index (χ3n) is 3.21. The maximum atomic E-state index is 11.9. The molecule has 0 saturated carbocycles. The third kappa shape index (κ3) is 5.98. The molecule has 2 amide bonds. The summed E-state index contributed by atoms with van der Waals surface area (Å²) in [6.07, 6.45) is -0.133. The van der Waals surface area contributed by atoms with Crippen LogP contribution in [-0.2, 0) is 14.4 Å². The molecule has 0 saturated heterocycles. The largest absolute Gasteiger partial charge is 0.495 e. The minimum absolute atomic E-state index is 0.0473. The number of carboxylic acids is 1. The number of amides is 2. The van der Waals surface area contributed by atoms with E-state index in [1.807, 2.05) is 0 Å². The number of methoxy groups -OCH3 is 1. The van der Waals surface area contributed by atoms with Gasteiger partial charge >= 0.3 is 5.97 Å². The van der Waals surface area contributed by atoms with E-state index in [1.165, 1.54) is 7.11 Å². The number of para-hydroxylation sites is 2. The highest BCUT2D eigenvalue weighted by Crippen LogP contribution is 2.23. The molecule has 0 aliphatic heterocycles. The normalized spacial score (nSPS) is 11.7. The molecule has 1 unspecified atom stereocenters. The first kappa shape index (κ1) is 18.5. The number of carbonyl (C=O) groups excluding carboxylic acids is 2. The van der Waals surface area contributed by atoms with Crippen molar-refractivity contribution in [2.24, 2.45) is 5.92 Å². The zero-order chi connectivity index (χ0) is 17.4. The Morgan fingerprint density at radius 2 is 1.74 bits per heavy atom. The van der Waals surface area contributed by atoms with Crippen molar-refractivity contribution in [1.82, 2.24) is 5.32 Å². The van der Waals surface area contributed by atoms with Crippen molar-refractivity contribution < 1.29 is 24.2 Å².